The highest BCUT2D eigenvalue weighted by Crippen LogP contribution is 2.37. The largest absolute Gasteiger partial charge is 0.478 e. The van der Waals surface area contributed by atoms with Crippen molar-refractivity contribution in [1.29, 1.82) is 0 Å². The fraction of sp³-hybridized carbons (Fsp3) is 0.200. The second-order valence-corrected chi connectivity index (χ2v) is 4.18. The van der Waals surface area contributed by atoms with E-state index in [1.807, 2.05) is 0 Å². The van der Waals surface area contributed by atoms with Crippen LogP contribution in [0.2, 0.25) is 10.0 Å². The van der Waals surface area contributed by atoms with Crippen molar-refractivity contribution in [1.82, 2.24) is 0 Å². The zero-order valence-corrected chi connectivity index (χ0v) is 9.38. The van der Waals surface area contributed by atoms with Crippen LogP contribution in [0.1, 0.15) is 16.8 Å². The lowest BCUT2D eigenvalue weighted by Gasteiger charge is -2.23. The lowest BCUT2D eigenvalue weighted by atomic mass is 10.0. The molecule has 0 spiro atoms. The summed E-state index contributed by atoms with van der Waals surface area (Å²) in [5.74, 6) is -1.43. The van der Waals surface area contributed by atoms with Crippen molar-refractivity contribution in [3.63, 3.8) is 0 Å². The zero-order valence-electron chi connectivity index (χ0n) is 7.87. The fourth-order valence-corrected chi connectivity index (χ4v) is 2.03. The van der Waals surface area contributed by atoms with Crippen LogP contribution in [0.15, 0.2) is 12.1 Å². The van der Waals surface area contributed by atoms with Crippen molar-refractivity contribution < 1.29 is 19.4 Å². The number of carboxylic acid groups (broad SMARTS) is 1. The highest BCUT2D eigenvalue weighted by atomic mass is 35.5. The topological polar surface area (TPSA) is 63.6 Å². The summed E-state index contributed by atoms with van der Waals surface area (Å²) in [7, 11) is 0. The van der Waals surface area contributed by atoms with Gasteiger partial charge in [-0.3, -0.25) is 4.79 Å². The van der Waals surface area contributed by atoms with Gasteiger partial charge in [0.25, 0.3) is 0 Å². The average Bonchev–Trinajstić information content (AvgIpc) is 2.19. The minimum atomic E-state index is -1.19. The van der Waals surface area contributed by atoms with Gasteiger partial charge in [-0.1, -0.05) is 23.2 Å². The summed E-state index contributed by atoms with van der Waals surface area (Å²) < 4.78 is 5.14. The van der Waals surface area contributed by atoms with Gasteiger partial charge in [0.05, 0.1) is 17.0 Å². The maximum absolute atomic E-state index is 11.6. The van der Waals surface area contributed by atoms with Gasteiger partial charge in [-0.2, -0.15) is 0 Å². The third kappa shape index (κ3) is 1.86. The number of carbonyl (C=O) groups excluding carboxylic acids is 1. The molecular weight excluding hydrogens is 255 g/mol. The number of hydrogen-bond donors (Lipinski definition) is 1. The molecule has 0 unspecified atom stereocenters. The number of carboxylic acids is 1. The highest BCUT2D eigenvalue weighted by molar-refractivity contribution is 6.36. The molecule has 1 aromatic rings. The van der Waals surface area contributed by atoms with E-state index in [1.165, 1.54) is 12.1 Å². The number of benzene rings is 1. The van der Waals surface area contributed by atoms with E-state index in [0.29, 0.717) is 5.02 Å². The summed E-state index contributed by atoms with van der Waals surface area (Å²) in [4.78, 5) is 22.4. The lowest BCUT2D eigenvalue weighted by Crippen LogP contribution is -2.34. The van der Waals surface area contributed by atoms with Gasteiger partial charge in [-0.15, -0.1) is 0 Å². The number of halogens is 2. The first-order chi connectivity index (χ1) is 7.49. The molecule has 6 heteroatoms. The number of ketones is 1. The first-order valence-corrected chi connectivity index (χ1v) is 5.16. The quantitative estimate of drug-likeness (QED) is 0.843. The van der Waals surface area contributed by atoms with Gasteiger partial charge in [0, 0.05) is 5.02 Å². The van der Waals surface area contributed by atoms with Crippen molar-refractivity contribution in [3.8, 4) is 5.75 Å². The number of fused-ring (bicyclic) bond motifs is 1. The third-order valence-corrected chi connectivity index (χ3v) is 2.71. The molecular formula is C10H6Cl2O4. The van der Waals surface area contributed by atoms with Crippen molar-refractivity contribution in [2.45, 2.75) is 12.5 Å². The van der Waals surface area contributed by atoms with Crippen LogP contribution in [0.4, 0.5) is 0 Å². The van der Waals surface area contributed by atoms with Crippen molar-refractivity contribution >= 4 is 35.0 Å². The van der Waals surface area contributed by atoms with E-state index in [9.17, 15) is 9.59 Å². The second-order valence-electron chi connectivity index (χ2n) is 3.34. The molecule has 0 saturated heterocycles. The van der Waals surface area contributed by atoms with Crippen LogP contribution >= 0.6 is 23.2 Å². The molecule has 0 radical (unpaired) electrons. The Bertz CT molecular complexity index is 484. The fourth-order valence-electron chi connectivity index (χ4n) is 1.49. The first kappa shape index (κ1) is 11.2. The zero-order chi connectivity index (χ0) is 11.9. The molecule has 16 heavy (non-hydrogen) atoms. The highest BCUT2D eigenvalue weighted by Gasteiger charge is 2.32. The third-order valence-electron chi connectivity index (χ3n) is 2.22. The summed E-state index contributed by atoms with van der Waals surface area (Å²) in [5, 5.41) is 9.24. The molecule has 1 aliphatic heterocycles. The minimum Gasteiger partial charge on any atom is -0.478 e. The van der Waals surface area contributed by atoms with Crippen molar-refractivity contribution in [2.24, 2.45) is 0 Å². The Balaban J connectivity index is 2.50. The van der Waals surface area contributed by atoms with E-state index in [0.717, 1.165) is 0 Å². The summed E-state index contributed by atoms with van der Waals surface area (Å²) in [5.41, 5.74) is 0.231. The van der Waals surface area contributed by atoms with E-state index in [4.69, 9.17) is 33.0 Å². The number of aliphatic carboxylic acids is 1. The molecule has 4 nitrogen and oxygen atoms in total. The van der Waals surface area contributed by atoms with E-state index >= 15 is 0 Å². The maximum atomic E-state index is 11.6. The van der Waals surface area contributed by atoms with Crippen LogP contribution < -0.4 is 4.74 Å². The number of carbonyl (C=O) groups is 2. The SMILES string of the molecule is O=C1C[C@@H](C(=O)O)Oc2c(Cl)cc(Cl)cc21. The predicted octanol–water partition coefficient (Wildman–Crippen LogP) is 2.41. The van der Waals surface area contributed by atoms with Crippen LogP contribution in [0.25, 0.3) is 0 Å². The summed E-state index contributed by atoms with van der Waals surface area (Å²) >= 11 is 11.6. The van der Waals surface area contributed by atoms with Crippen LogP contribution in [0, 0.1) is 0 Å². The molecule has 2 rings (SSSR count). The number of Topliss-reactive ketones (excluding diaryl/α,β-unsaturated/α-hetero) is 1. The van der Waals surface area contributed by atoms with Gasteiger partial charge >= 0.3 is 5.97 Å². The van der Waals surface area contributed by atoms with Gasteiger partial charge in [0.2, 0.25) is 6.10 Å². The van der Waals surface area contributed by atoms with Crippen LogP contribution in [-0.2, 0) is 4.79 Å². The van der Waals surface area contributed by atoms with E-state index in [2.05, 4.69) is 0 Å². The van der Waals surface area contributed by atoms with E-state index in [1.54, 1.807) is 0 Å². The molecule has 1 heterocycles. The molecule has 1 aromatic carbocycles. The Morgan fingerprint density at radius 3 is 2.75 bits per heavy atom. The second kappa shape index (κ2) is 3.96. The maximum Gasteiger partial charge on any atom is 0.345 e. The van der Waals surface area contributed by atoms with Crippen molar-refractivity contribution in [3.05, 3.63) is 27.7 Å². The standard InChI is InChI=1S/C10H6Cl2O4/c11-4-1-5-7(13)3-8(10(14)15)16-9(5)6(12)2-4/h1-2,8H,3H2,(H,14,15)/t8-/m0/s1. The van der Waals surface area contributed by atoms with E-state index in [-0.39, 0.29) is 28.5 Å². The molecule has 1 aliphatic rings. The molecule has 0 aliphatic carbocycles. The van der Waals surface area contributed by atoms with E-state index < -0.39 is 12.1 Å². The summed E-state index contributed by atoms with van der Waals surface area (Å²) in [6, 6.07) is 2.82. The Hall–Kier alpha value is -1.26. The Morgan fingerprint density at radius 1 is 1.44 bits per heavy atom. The Morgan fingerprint density at radius 2 is 2.12 bits per heavy atom. The monoisotopic (exact) mass is 260 g/mol. The summed E-state index contributed by atoms with van der Waals surface area (Å²) in [6.07, 6.45) is -1.39. The normalized spacial score (nSPS) is 18.9. The molecule has 84 valence electrons. The van der Waals surface area contributed by atoms with Crippen LogP contribution in [0.3, 0.4) is 0 Å². The smallest absolute Gasteiger partial charge is 0.345 e. The van der Waals surface area contributed by atoms with Crippen molar-refractivity contribution in [2.75, 3.05) is 0 Å². The number of ether oxygens (including phenoxy) is 1. The average molecular weight is 261 g/mol. The Kier molecular flexibility index (Phi) is 2.78. The van der Waals surface area contributed by atoms with Crippen LogP contribution in [-0.4, -0.2) is 23.0 Å². The Labute approximate surface area is 101 Å². The molecule has 0 saturated carbocycles. The number of hydrogen-bond acceptors (Lipinski definition) is 3. The van der Waals surface area contributed by atoms with Gasteiger partial charge in [-0.05, 0) is 12.1 Å². The van der Waals surface area contributed by atoms with Gasteiger partial charge in [0.1, 0.15) is 5.75 Å². The lowest BCUT2D eigenvalue weighted by molar-refractivity contribution is -0.145. The molecule has 1 atom stereocenters. The van der Waals surface area contributed by atoms with Gasteiger partial charge in [-0.25, -0.2) is 4.79 Å². The molecule has 0 amide bonds. The molecule has 1 N–H and O–H groups in total. The van der Waals surface area contributed by atoms with Gasteiger partial charge < -0.3 is 9.84 Å². The minimum absolute atomic E-state index is 0.0923. The number of rotatable bonds is 1. The molecule has 0 fully saturated rings. The predicted molar refractivity (Wildman–Crippen MR) is 57.5 cm³/mol. The molecule has 0 aromatic heterocycles. The van der Waals surface area contributed by atoms with Gasteiger partial charge in [0.15, 0.2) is 5.78 Å². The summed E-state index contributed by atoms with van der Waals surface area (Å²) in [6.45, 7) is 0. The molecule has 0 bridgehead atoms. The van der Waals surface area contributed by atoms with Crippen LogP contribution in [0.5, 0.6) is 5.75 Å². The first-order valence-electron chi connectivity index (χ1n) is 4.40.